The maximum Gasteiger partial charge on any atom is 0.226 e. The van der Waals surface area contributed by atoms with Gasteiger partial charge in [-0.25, -0.2) is 0 Å². The molecule has 1 saturated heterocycles. The van der Waals surface area contributed by atoms with E-state index in [1.165, 1.54) is 16.7 Å². The first-order chi connectivity index (χ1) is 16.4. The number of para-hydroxylation sites is 1. The monoisotopic (exact) mass is 462 g/mol. The van der Waals surface area contributed by atoms with Crippen molar-refractivity contribution in [3.05, 3.63) is 65.2 Å². The molecule has 2 aromatic carbocycles. The summed E-state index contributed by atoms with van der Waals surface area (Å²) in [6.45, 7) is 10.0. The number of fused-ring (bicyclic) bond motifs is 1. The van der Waals surface area contributed by atoms with Gasteiger partial charge in [0.2, 0.25) is 5.91 Å². The topological polar surface area (TPSA) is 41.6 Å². The van der Waals surface area contributed by atoms with Crippen LogP contribution in [-0.2, 0) is 17.8 Å². The number of hydrogen-bond donors (Lipinski definition) is 1. The molecule has 184 valence electrons. The lowest BCUT2D eigenvalue weighted by molar-refractivity contribution is -0.136. The van der Waals surface area contributed by atoms with Gasteiger partial charge in [0, 0.05) is 6.54 Å². The van der Waals surface area contributed by atoms with E-state index >= 15 is 0 Å². The van der Waals surface area contributed by atoms with Crippen LogP contribution in [0.15, 0.2) is 48.5 Å². The fourth-order valence-corrected chi connectivity index (χ4v) is 5.58. The van der Waals surface area contributed by atoms with E-state index in [-0.39, 0.29) is 17.4 Å². The van der Waals surface area contributed by atoms with Crippen molar-refractivity contribution >= 4 is 5.91 Å². The third kappa shape index (κ3) is 6.41. The first-order valence-electron chi connectivity index (χ1n) is 13.2. The number of benzene rings is 2. The van der Waals surface area contributed by atoms with Crippen LogP contribution in [0, 0.1) is 18.3 Å². The molecule has 2 aliphatic rings. The molecule has 2 aromatic rings. The van der Waals surface area contributed by atoms with Crippen molar-refractivity contribution in [3.8, 4) is 5.75 Å². The van der Waals surface area contributed by atoms with Crippen molar-refractivity contribution in [1.82, 2.24) is 10.2 Å². The lowest BCUT2D eigenvalue weighted by Gasteiger charge is -2.42. The number of hydrogen-bond acceptors (Lipinski definition) is 3. The van der Waals surface area contributed by atoms with Gasteiger partial charge in [0.25, 0.3) is 0 Å². The number of carbonyl (C=O) groups excluding carboxylic acids is 1. The van der Waals surface area contributed by atoms with Crippen LogP contribution >= 0.6 is 0 Å². The van der Waals surface area contributed by atoms with Crippen LogP contribution in [0.1, 0.15) is 69.1 Å². The van der Waals surface area contributed by atoms with Gasteiger partial charge in [0.05, 0.1) is 11.5 Å². The van der Waals surface area contributed by atoms with Gasteiger partial charge in [-0.05, 0) is 81.6 Å². The highest BCUT2D eigenvalue weighted by Gasteiger charge is 2.41. The zero-order valence-corrected chi connectivity index (χ0v) is 21.3. The lowest BCUT2D eigenvalue weighted by atomic mass is 9.73. The van der Waals surface area contributed by atoms with Crippen LogP contribution < -0.4 is 10.1 Å². The number of nitrogens with one attached hydrogen (secondary N) is 1. The van der Waals surface area contributed by atoms with Gasteiger partial charge in [-0.2, -0.15) is 0 Å². The average molecular weight is 463 g/mol. The van der Waals surface area contributed by atoms with E-state index in [1.54, 1.807) is 0 Å². The molecule has 1 atom stereocenters. The Hall–Kier alpha value is -2.33. The third-order valence-corrected chi connectivity index (χ3v) is 7.68. The van der Waals surface area contributed by atoms with Crippen molar-refractivity contribution < 1.29 is 9.53 Å². The molecule has 34 heavy (non-hydrogen) atoms. The first-order valence-corrected chi connectivity index (χ1v) is 13.2. The predicted octanol–water partition coefficient (Wildman–Crippen LogP) is 5.91. The molecular weight excluding hydrogens is 420 g/mol. The highest BCUT2D eigenvalue weighted by molar-refractivity contribution is 5.83. The zero-order chi connectivity index (χ0) is 24.0. The molecule has 1 fully saturated rings. The Kier molecular flexibility index (Phi) is 8.31. The van der Waals surface area contributed by atoms with Gasteiger partial charge < -0.3 is 10.1 Å². The molecule has 0 unspecified atom stereocenters. The summed E-state index contributed by atoms with van der Waals surface area (Å²) in [5.74, 6) is 1.74. The summed E-state index contributed by atoms with van der Waals surface area (Å²) in [6, 6.07) is 17.3. The molecule has 4 rings (SSSR count). The zero-order valence-electron chi connectivity index (χ0n) is 21.3. The van der Waals surface area contributed by atoms with Gasteiger partial charge >= 0.3 is 0 Å². The minimum atomic E-state index is -0.252. The number of carbonyl (C=O) groups is 1. The quantitative estimate of drug-likeness (QED) is 0.614. The Balaban J connectivity index is 1.46. The maximum atomic E-state index is 13.8. The summed E-state index contributed by atoms with van der Waals surface area (Å²) in [6.07, 6.45) is 6.99. The molecule has 0 radical (unpaired) electrons. The van der Waals surface area contributed by atoms with Gasteiger partial charge in [0.1, 0.15) is 12.4 Å². The Morgan fingerprint density at radius 3 is 2.50 bits per heavy atom. The molecule has 4 nitrogen and oxygen atoms in total. The van der Waals surface area contributed by atoms with E-state index in [0.717, 1.165) is 70.3 Å². The minimum Gasteiger partial charge on any atom is -0.491 e. The highest BCUT2D eigenvalue weighted by atomic mass is 16.5. The fraction of sp³-hybridized carbons (Fsp3) is 0.567. The normalized spacial score (nSPS) is 21.8. The number of nitrogens with zero attached hydrogens (tertiary/aromatic N) is 1. The Morgan fingerprint density at radius 1 is 1.03 bits per heavy atom. The molecule has 4 heteroatoms. The van der Waals surface area contributed by atoms with E-state index < -0.39 is 0 Å². The SMILES string of the molecule is Cc1ccc(CN2CCC3(CCCCc4ccccc4OC[C@H](CC(C)C)NC3=O)CC2)cc1. The average Bonchev–Trinajstić information content (AvgIpc) is 2.82. The highest BCUT2D eigenvalue weighted by Crippen LogP contribution is 2.38. The van der Waals surface area contributed by atoms with Crippen molar-refractivity contribution in [1.29, 1.82) is 0 Å². The molecule has 1 spiro atoms. The second-order valence-corrected chi connectivity index (χ2v) is 11.0. The van der Waals surface area contributed by atoms with E-state index in [2.05, 4.69) is 73.5 Å². The molecule has 1 amide bonds. The standard InChI is InChI=1S/C30H42N2O2/c1-23(2)20-27-22-34-28-10-5-4-8-26(28)9-6-7-15-30(29(33)31-27)16-18-32(19-17-30)21-25-13-11-24(3)12-14-25/h4-5,8,10-14,23,27H,6-7,9,15-22H2,1-3H3,(H,31,33)/t27-/m0/s1. The molecule has 0 aromatic heterocycles. The van der Waals surface area contributed by atoms with E-state index in [0.29, 0.717) is 12.5 Å². The second kappa shape index (κ2) is 11.4. The minimum absolute atomic E-state index is 0.0439. The Labute approximate surface area is 206 Å². The van der Waals surface area contributed by atoms with Crippen LogP contribution in [0.25, 0.3) is 0 Å². The van der Waals surface area contributed by atoms with Gasteiger partial charge in [0.15, 0.2) is 0 Å². The fourth-order valence-electron chi connectivity index (χ4n) is 5.58. The lowest BCUT2D eigenvalue weighted by Crippen LogP contribution is -2.52. The summed E-state index contributed by atoms with van der Waals surface area (Å²) in [7, 11) is 0. The van der Waals surface area contributed by atoms with E-state index in [9.17, 15) is 4.79 Å². The Morgan fingerprint density at radius 2 is 1.76 bits per heavy atom. The smallest absolute Gasteiger partial charge is 0.226 e. The number of ether oxygens (including phenoxy) is 1. The maximum absolute atomic E-state index is 13.8. The van der Waals surface area contributed by atoms with Crippen molar-refractivity contribution in [2.75, 3.05) is 19.7 Å². The van der Waals surface area contributed by atoms with Crippen LogP contribution in [0.2, 0.25) is 0 Å². The number of piperidine rings is 1. The van der Waals surface area contributed by atoms with E-state index in [4.69, 9.17) is 4.74 Å². The van der Waals surface area contributed by atoms with Crippen LogP contribution in [0.5, 0.6) is 5.75 Å². The third-order valence-electron chi connectivity index (χ3n) is 7.68. The number of amides is 1. The molecule has 1 N–H and O–H groups in total. The van der Waals surface area contributed by atoms with E-state index in [1.807, 2.05) is 6.07 Å². The molecule has 2 heterocycles. The molecular formula is C30H42N2O2. The van der Waals surface area contributed by atoms with Crippen molar-refractivity contribution in [2.45, 2.75) is 78.3 Å². The van der Waals surface area contributed by atoms with Gasteiger partial charge in [-0.1, -0.05) is 68.3 Å². The molecule has 0 bridgehead atoms. The summed E-state index contributed by atoms with van der Waals surface area (Å²) < 4.78 is 6.27. The van der Waals surface area contributed by atoms with Gasteiger partial charge in [-0.15, -0.1) is 0 Å². The number of rotatable bonds is 4. The summed E-state index contributed by atoms with van der Waals surface area (Å²) in [4.78, 5) is 16.3. The second-order valence-electron chi connectivity index (χ2n) is 11.0. The largest absolute Gasteiger partial charge is 0.491 e. The Bertz CT molecular complexity index is 929. The molecule has 2 aliphatic heterocycles. The molecule has 0 aliphatic carbocycles. The van der Waals surface area contributed by atoms with Crippen LogP contribution in [0.3, 0.4) is 0 Å². The van der Waals surface area contributed by atoms with Crippen LogP contribution in [0.4, 0.5) is 0 Å². The summed E-state index contributed by atoms with van der Waals surface area (Å²) in [5.41, 5.74) is 3.70. The molecule has 0 saturated carbocycles. The first kappa shape index (κ1) is 24.8. The summed E-state index contributed by atoms with van der Waals surface area (Å²) in [5, 5.41) is 3.45. The van der Waals surface area contributed by atoms with Crippen molar-refractivity contribution in [3.63, 3.8) is 0 Å². The van der Waals surface area contributed by atoms with Gasteiger partial charge in [-0.3, -0.25) is 9.69 Å². The van der Waals surface area contributed by atoms with Crippen LogP contribution in [-0.4, -0.2) is 36.5 Å². The van der Waals surface area contributed by atoms with Crippen molar-refractivity contribution in [2.24, 2.45) is 11.3 Å². The number of likely N-dealkylation sites (tertiary alicyclic amines) is 1. The summed E-state index contributed by atoms with van der Waals surface area (Å²) >= 11 is 0. The number of aryl methyl sites for hydroxylation is 2. The predicted molar refractivity (Wildman–Crippen MR) is 139 cm³/mol.